The molecule has 6 heteroatoms. The topological polar surface area (TPSA) is 72.6 Å². The molecule has 0 aliphatic carbocycles. The lowest BCUT2D eigenvalue weighted by Crippen LogP contribution is -2.48. The third kappa shape index (κ3) is 3.29. The lowest BCUT2D eigenvalue weighted by Gasteiger charge is -2.34. The zero-order valence-corrected chi connectivity index (χ0v) is 12.7. The van der Waals surface area contributed by atoms with E-state index in [-0.39, 0.29) is 17.6 Å². The maximum absolute atomic E-state index is 12.7. The summed E-state index contributed by atoms with van der Waals surface area (Å²) in [7, 11) is 0. The van der Waals surface area contributed by atoms with Crippen LogP contribution in [0.5, 0.6) is 0 Å². The second kappa shape index (κ2) is 6.80. The van der Waals surface area contributed by atoms with Crippen molar-refractivity contribution in [3.63, 3.8) is 0 Å². The quantitative estimate of drug-likeness (QED) is 0.687. The Morgan fingerprint density at radius 1 is 1.43 bits per heavy atom. The van der Waals surface area contributed by atoms with Crippen molar-refractivity contribution in [3.05, 3.63) is 28.8 Å². The molecule has 1 aliphatic rings. The molecule has 0 bridgehead atoms. The Bertz CT molecular complexity index is 548. The molecule has 0 saturated carbocycles. The van der Waals surface area contributed by atoms with Gasteiger partial charge >= 0.3 is 5.97 Å². The number of carbonyl (C=O) groups is 2. The minimum Gasteiger partial charge on any atom is -0.464 e. The molecule has 1 aliphatic heterocycles. The number of nitrogens with two attached hydrogens (primary N) is 1. The van der Waals surface area contributed by atoms with E-state index in [9.17, 15) is 9.59 Å². The van der Waals surface area contributed by atoms with Crippen LogP contribution in [-0.2, 0) is 9.53 Å². The summed E-state index contributed by atoms with van der Waals surface area (Å²) in [6.07, 6.45) is 2.38. The fourth-order valence-corrected chi connectivity index (χ4v) is 2.71. The summed E-state index contributed by atoms with van der Waals surface area (Å²) >= 11 is 5.96. The summed E-state index contributed by atoms with van der Waals surface area (Å²) in [5.74, 6) is -0.626. The largest absolute Gasteiger partial charge is 0.464 e. The van der Waals surface area contributed by atoms with Gasteiger partial charge in [0.25, 0.3) is 5.91 Å². The number of piperidine rings is 1. The van der Waals surface area contributed by atoms with E-state index in [1.807, 2.05) is 0 Å². The van der Waals surface area contributed by atoms with Crippen LogP contribution in [-0.4, -0.2) is 36.0 Å². The number of halogens is 1. The van der Waals surface area contributed by atoms with Crippen LogP contribution in [0, 0.1) is 0 Å². The van der Waals surface area contributed by atoms with Crippen LogP contribution in [0.25, 0.3) is 0 Å². The van der Waals surface area contributed by atoms with Crippen LogP contribution in [0.1, 0.15) is 36.5 Å². The third-order valence-corrected chi connectivity index (χ3v) is 3.94. The first-order chi connectivity index (χ1) is 10.1. The van der Waals surface area contributed by atoms with Gasteiger partial charge in [0.1, 0.15) is 6.04 Å². The zero-order chi connectivity index (χ0) is 15.4. The molecule has 0 spiro atoms. The highest BCUT2D eigenvalue weighted by molar-refractivity contribution is 6.34. The van der Waals surface area contributed by atoms with E-state index in [1.54, 1.807) is 30.0 Å². The Morgan fingerprint density at radius 2 is 2.19 bits per heavy atom. The number of hydrogen-bond donors (Lipinski definition) is 1. The fraction of sp³-hybridized carbons (Fsp3) is 0.467. The number of nitrogens with zero attached hydrogens (tertiary/aromatic N) is 1. The van der Waals surface area contributed by atoms with E-state index in [1.165, 1.54) is 0 Å². The van der Waals surface area contributed by atoms with Gasteiger partial charge in [0.05, 0.1) is 22.9 Å². The van der Waals surface area contributed by atoms with Gasteiger partial charge in [-0.25, -0.2) is 4.79 Å². The molecule has 5 nitrogen and oxygen atoms in total. The second-order valence-corrected chi connectivity index (χ2v) is 5.37. The minimum absolute atomic E-state index is 0.248. The van der Waals surface area contributed by atoms with Crippen molar-refractivity contribution in [1.29, 1.82) is 0 Å². The molecule has 21 heavy (non-hydrogen) atoms. The van der Waals surface area contributed by atoms with Crippen LogP contribution >= 0.6 is 11.6 Å². The number of anilines is 1. The van der Waals surface area contributed by atoms with Crippen LogP contribution < -0.4 is 5.73 Å². The van der Waals surface area contributed by atoms with Gasteiger partial charge in [-0.2, -0.15) is 0 Å². The Morgan fingerprint density at radius 3 is 2.90 bits per heavy atom. The minimum atomic E-state index is -0.537. The molecule has 1 amide bonds. The lowest BCUT2D eigenvalue weighted by molar-refractivity contribution is -0.149. The molecule has 1 saturated heterocycles. The highest BCUT2D eigenvalue weighted by Gasteiger charge is 2.34. The molecule has 0 aromatic heterocycles. The molecule has 1 fully saturated rings. The van der Waals surface area contributed by atoms with E-state index < -0.39 is 6.04 Å². The molecule has 114 valence electrons. The van der Waals surface area contributed by atoms with Gasteiger partial charge in [-0.15, -0.1) is 0 Å². The van der Waals surface area contributed by atoms with E-state index in [2.05, 4.69) is 0 Å². The molecule has 1 aromatic carbocycles. The van der Waals surface area contributed by atoms with Gasteiger partial charge in [0, 0.05) is 6.54 Å². The van der Waals surface area contributed by atoms with Crippen molar-refractivity contribution in [1.82, 2.24) is 4.90 Å². The number of hydrogen-bond acceptors (Lipinski definition) is 4. The Kier molecular flexibility index (Phi) is 5.07. The average molecular weight is 311 g/mol. The number of benzene rings is 1. The predicted molar refractivity (Wildman–Crippen MR) is 81.2 cm³/mol. The van der Waals surface area contributed by atoms with Crippen LogP contribution in [0.15, 0.2) is 18.2 Å². The Labute approximate surface area is 129 Å². The number of esters is 1. The van der Waals surface area contributed by atoms with Gasteiger partial charge in [-0.3, -0.25) is 4.79 Å². The van der Waals surface area contributed by atoms with Crippen molar-refractivity contribution >= 4 is 29.2 Å². The molecule has 2 rings (SSSR count). The predicted octanol–water partition coefficient (Wildman–Crippen LogP) is 2.48. The van der Waals surface area contributed by atoms with Gasteiger partial charge < -0.3 is 15.4 Å². The number of nitrogen functional groups attached to an aromatic ring is 1. The van der Waals surface area contributed by atoms with Gasteiger partial charge in [0.15, 0.2) is 0 Å². The first kappa shape index (κ1) is 15.6. The van der Waals surface area contributed by atoms with E-state index >= 15 is 0 Å². The van der Waals surface area contributed by atoms with Gasteiger partial charge in [-0.05, 0) is 38.3 Å². The summed E-state index contributed by atoms with van der Waals surface area (Å²) in [6, 6.07) is 4.40. The number of amides is 1. The van der Waals surface area contributed by atoms with E-state index in [0.717, 1.165) is 12.8 Å². The van der Waals surface area contributed by atoms with Crippen LogP contribution in [0.4, 0.5) is 5.69 Å². The normalized spacial score (nSPS) is 18.4. The lowest BCUT2D eigenvalue weighted by atomic mass is 10.0. The van der Waals surface area contributed by atoms with Gasteiger partial charge in [-0.1, -0.05) is 17.7 Å². The number of likely N-dealkylation sites (tertiary alicyclic amines) is 1. The fourth-order valence-electron chi connectivity index (χ4n) is 2.54. The third-order valence-electron chi connectivity index (χ3n) is 3.61. The van der Waals surface area contributed by atoms with Gasteiger partial charge in [0.2, 0.25) is 0 Å². The standard InChI is InChI=1S/C15H19ClN2O3/c1-2-21-15(20)12-8-3-4-9-18(12)14(19)10-6-5-7-11(16)13(10)17/h5-7,12H,2-4,8-9,17H2,1H3. The van der Waals surface area contributed by atoms with Crippen molar-refractivity contribution < 1.29 is 14.3 Å². The van der Waals surface area contributed by atoms with Crippen molar-refractivity contribution in [2.45, 2.75) is 32.2 Å². The molecule has 1 aromatic rings. The summed E-state index contributed by atoms with van der Waals surface area (Å²) < 4.78 is 5.06. The van der Waals surface area contributed by atoms with Crippen molar-refractivity contribution in [2.24, 2.45) is 0 Å². The summed E-state index contributed by atoms with van der Waals surface area (Å²) in [5, 5.41) is 0.338. The van der Waals surface area contributed by atoms with Crippen LogP contribution in [0.2, 0.25) is 5.02 Å². The van der Waals surface area contributed by atoms with Crippen molar-refractivity contribution in [2.75, 3.05) is 18.9 Å². The van der Waals surface area contributed by atoms with Crippen LogP contribution in [0.3, 0.4) is 0 Å². The SMILES string of the molecule is CCOC(=O)C1CCCCN1C(=O)c1cccc(Cl)c1N. The maximum Gasteiger partial charge on any atom is 0.328 e. The highest BCUT2D eigenvalue weighted by Crippen LogP contribution is 2.27. The molecular formula is C15H19ClN2O3. The van der Waals surface area contributed by atoms with Crippen molar-refractivity contribution in [3.8, 4) is 0 Å². The summed E-state index contributed by atoms with van der Waals surface area (Å²) in [4.78, 5) is 26.2. The molecule has 1 atom stereocenters. The first-order valence-electron chi connectivity index (χ1n) is 7.07. The average Bonchev–Trinajstić information content (AvgIpc) is 2.49. The summed E-state index contributed by atoms with van der Waals surface area (Å²) in [6.45, 7) is 2.58. The molecule has 1 heterocycles. The number of para-hydroxylation sites is 1. The second-order valence-electron chi connectivity index (χ2n) is 4.96. The summed E-state index contributed by atoms with van der Waals surface area (Å²) in [5.41, 5.74) is 6.45. The first-order valence-corrected chi connectivity index (χ1v) is 7.45. The number of carbonyl (C=O) groups excluding carboxylic acids is 2. The number of rotatable bonds is 3. The number of ether oxygens (including phenoxy) is 1. The Hall–Kier alpha value is -1.75. The molecular weight excluding hydrogens is 292 g/mol. The zero-order valence-electron chi connectivity index (χ0n) is 12.0. The van der Waals surface area contributed by atoms with E-state index in [0.29, 0.717) is 30.2 Å². The Balaban J connectivity index is 2.26. The smallest absolute Gasteiger partial charge is 0.328 e. The van der Waals surface area contributed by atoms with E-state index in [4.69, 9.17) is 22.1 Å². The molecule has 1 unspecified atom stereocenters. The highest BCUT2D eigenvalue weighted by atomic mass is 35.5. The molecule has 0 radical (unpaired) electrons. The monoisotopic (exact) mass is 310 g/mol. The maximum atomic E-state index is 12.7. The molecule has 2 N–H and O–H groups in total.